The number of benzene rings is 2. The van der Waals surface area contributed by atoms with Crippen molar-refractivity contribution in [2.45, 2.75) is 45.0 Å². The lowest BCUT2D eigenvalue weighted by Gasteiger charge is -2.39. The molecule has 0 saturated carbocycles. The molecule has 0 radical (unpaired) electrons. The third kappa shape index (κ3) is 9.03. The molecular formula is C37H38N6O8S. The summed E-state index contributed by atoms with van der Waals surface area (Å²) >= 11 is 1.04. The zero-order valence-corrected chi connectivity index (χ0v) is 29.6. The average molecular weight is 727 g/mol. The van der Waals surface area contributed by atoms with Crippen LogP contribution in [-0.2, 0) is 30.3 Å². The second kappa shape index (κ2) is 15.5. The zero-order chi connectivity index (χ0) is 36.8. The Morgan fingerprint density at radius 3 is 2.25 bits per heavy atom. The number of nitrogens with zero attached hydrogens (tertiary/aromatic N) is 5. The molecule has 1 amide bonds. The van der Waals surface area contributed by atoms with Gasteiger partial charge in [0.25, 0.3) is 6.10 Å². The lowest BCUT2D eigenvalue weighted by molar-refractivity contribution is -0.163. The van der Waals surface area contributed by atoms with E-state index in [2.05, 4.69) is 10.1 Å². The first kappa shape index (κ1) is 35.9. The molecule has 3 N–H and O–H groups in total. The van der Waals surface area contributed by atoms with E-state index in [0.29, 0.717) is 30.9 Å². The van der Waals surface area contributed by atoms with Crippen LogP contribution in [0.25, 0.3) is 5.65 Å². The molecular weight excluding hydrogens is 689 g/mol. The van der Waals surface area contributed by atoms with Crippen LogP contribution >= 0.6 is 11.3 Å². The number of pyridine rings is 1. The Labute approximate surface area is 303 Å². The fraction of sp³-hybridized carbons (Fsp3) is 0.297. The number of anilines is 1. The summed E-state index contributed by atoms with van der Waals surface area (Å²) in [6.45, 7) is 6.32. The first-order valence-electron chi connectivity index (χ1n) is 16.5. The van der Waals surface area contributed by atoms with Gasteiger partial charge in [0.1, 0.15) is 29.3 Å². The van der Waals surface area contributed by atoms with Gasteiger partial charge in [-0.2, -0.15) is 0 Å². The molecule has 1 aliphatic rings. The Kier molecular flexibility index (Phi) is 10.7. The predicted molar refractivity (Wildman–Crippen MR) is 192 cm³/mol. The lowest BCUT2D eigenvalue weighted by atomic mass is 9.95. The van der Waals surface area contributed by atoms with Gasteiger partial charge in [-0.3, -0.25) is 0 Å². The average Bonchev–Trinajstić information content (AvgIpc) is 3.71. The molecule has 2 aromatic carbocycles. The summed E-state index contributed by atoms with van der Waals surface area (Å²) in [4.78, 5) is 54.1. The highest BCUT2D eigenvalue weighted by Crippen LogP contribution is 2.28. The van der Waals surface area contributed by atoms with Crippen LogP contribution in [0.2, 0.25) is 0 Å². The molecule has 0 spiro atoms. The van der Waals surface area contributed by atoms with Gasteiger partial charge >= 0.3 is 18.0 Å². The van der Waals surface area contributed by atoms with Gasteiger partial charge < -0.3 is 39.2 Å². The number of rotatable bonds is 13. The Bertz CT molecular complexity index is 2010. The van der Waals surface area contributed by atoms with Gasteiger partial charge in [-0.15, -0.1) is 11.3 Å². The number of aliphatic carboxylic acids is 1. The fourth-order valence-electron chi connectivity index (χ4n) is 5.48. The van der Waals surface area contributed by atoms with E-state index in [4.69, 9.17) is 29.8 Å². The smallest absolute Gasteiger partial charge is 0.410 e. The molecule has 6 rings (SSSR count). The highest BCUT2D eigenvalue weighted by molar-refractivity contribution is 7.13. The van der Waals surface area contributed by atoms with Crippen molar-refractivity contribution < 1.29 is 38.5 Å². The Balaban J connectivity index is 1.17. The van der Waals surface area contributed by atoms with Crippen molar-refractivity contribution >= 4 is 45.9 Å². The van der Waals surface area contributed by atoms with E-state index in [9.17, 15) is 19.5 Å². The highest BCUT2D eigenvalue weighted by Gasteiger charge is 2.34. The third-order valence-electron chi connectivity index (χ3n) is 7.92. The number of carboxylic acid groups (broad SMARTS) is 1. The standard InChI is InChI=1S/C37H38N6O8S/c1-37(2,3)50-36(47)43-17-23(18-43)16-26-19-42-20-27(14-15-30(42)39-26)48-21-29(51-41-31(33(44)45)28-22-52-35(38)40-28)34(46)49-32(24-10-6-4-7-11-24)25-12-8-5-9-13-25/h4-15,19-20,22-23,29,32H,16-18,21H2,1-3H3,(H2,38,40)(H,44,45)/b41-31-. The van der Waals surface area contributed by atoms with Crippen molar-refractivity contribution in [3.05, 3.63) is 113 Å². The summed E-state index contributed by atoms with van der Waals surface area (Å²) in [5, 5.41) is 15.2. The largest absolute Gasteiger partial charge is 0.487 e. The second-order valence-electron chi connectivity index (χ2n) is 13.2. The SMILES string of the molecule is CC(C)(C)OC(=O)N1CC(Cc2cn3cc(OCC(O/N=C(\C(=O)O)c4csc(N)n4)C(=O)OC(c4ccccc4)c4ccccc4)ccc3n2)C1. The number of nitrogen functional groups attached to an aromatic ring is 1. The van der Waals surface area contributed by atoms with Crippen LogP contribution < -0.4 is 10.5 Å². The Morgan fingerprint density at radius 2 is 1.65 bits per heavy atom. The summed E-state index contributed by atoms with van der Waals surface area (Å²) in [7, 11) is 0. The van der Waals surface area contributed by atoms with E-state index in [1.165, 1.54) is 5.38 Å². The Hall–Kier alpha value is -5.96. The van der Waals surface area contributed by atoms with Crippen LogP contribution in [0.1, 0.15) is 49.4 Å². The number of hydrogen-bond acceptors (Lipinski definition) is 12. The number of oxime groups is 1. The maximum Gasteiger partial charge on any atom is 0.410 e. The lowest BCUT2D eigenvalue weighted by Crippen LogP contribution is -2.52. The summed E-state index contributed by atoms with van der Waals surface area (Å²) in [5.41, 5.74) is 7.57. The van der Waals surface area contributed by atoms with Gasteiger partial charge in [-0.05, 0) is 56.4 Å². The first-order valence-corrected chi connectivity index (χ1v) is 17.4. The number of amides is 1. The number of hydrogen-bond donors (Lipinski definition) is 2. The molecule has 1 saturated heterocycles. The van der Waals surface area contributed by atoms with Gasteiger partial charge in [0.2, 0.25) is 5.71 Å². The summed E-state index contributed by atoms with van der Waals surface area (Å²) < 4.78 is 19.3. The molecule has 15 heteroatoms. The minimum absolute atomic E-state index is 0.0182. The third-order valence-corrected chi connectivity index (χ3v) is 8.60. The number of thiazole rings is 1. The highest BCUT2D eigenvalue weighted by atomic mass is 32.1. The summed E-state index contributed by atoms with van der Waals surface area (Å²) in [6.07, 6.45) is 1.67. The van der Waals surface area contributed by atoms with Gasteiger partial charge in [0.05, 0.1) is 11.9 Å². The van der Waals surface area contributed by atoms with Crippen molar-refractivity contribution in [2.75, 3.05) is 25.4 Å². The minimum Gasteiger partial charge on any atom is -0.487 e. The number of fused-ring (bicyclic) bond motifs is 1. The predicted octanol–water partition coefficient (Wildman–Crippen LogP) is 5.37. The van der Waals surface area contributed by atoms with E-state index in [1.54, 1.807) is 27.6 Å². The molecule has 3 aromatic heterocycles. The quantitative estimate of drug-likeness (QED) is 0.0905. The van der Waals surface area contributed by atoms with Crippen LogP contribution in [0, 0.1) is 5.92 Å². The van der Waals surface area contributed by atoms with Crippen molar-refractivity contribution in [1.29, 1.82) is 0 Å². The number of aromatic nitrogens is 3. The number of imidazole rings is 1. The number of nitrogens with two attached hydrogens (primary N) is 1. The molecule has 5 aromatic rings. The number of esters is 1. The van der Waals surface area contributed by atoms with Crippen LogP contribution in [-0.4, -0.2) is 79.5 Å². The first-order chi connectivity index (χ1) is 24.9. The maximum atomic E-state index is 13.8. The topological polar surface area (TPSA) is 180 Å². The van der Waals surface area contributed by atoms with Crippen LogP contribution in [0.15, 0.2) is 95.7 Å². The maximum absolute atomic E-state index is 13.8. The van der Waals surface area contributed by atoms with E-state index in [0.717, 1.165) is 28.2 Å². The van der Waals surface area contributed by atoms with Gasteiger partial charge in [0, 0.05) is 24.7 Å². The number of carbonyl (C=O) groups excluding carboxylic acids is 2. The van der Waals surface area contributed by atoms with Gasteiger partial charge in [-0.25, -0.2) is 24.4 Å². The summed E-state index contributed by atoms with van der Waals surface area (Å²) in [5.74, 6) is -1.62. The fourth-order valence-corrected chi connectivity index (χ4v) is 6.02. The van der Waals surface area contributed by atoms with Gasteiger partial charge in [-0.1, -0.05) is 65.8 Å². The minimum atomic E-state index is -1.49. The van der Waals surface area contributed by atoms with Gasteiger partial charge in [0.15, 0.2) is 11.2 Å². The van der Waals surface area contributed by atoms with Crippen molar-refractivity contribution in [3.8, 4) is 5.75 Å². The molecule has 14 nitrogen and oxygen atoms in total. The molecule has 4 heterocycles. The molecule has 270 valence electrons. The number of likely N-dealkylation sites (tertiary alicyclic amines) is 1. The molecule has 0 bridgehead atoms. The van der Waals surface area contributed by atoms with Crippen molar-refractivity contribution in [3.63, 3.8) is 0 Å². The van der Waals surface area contributed by atoms with E-state index >= 15 is 0 Å². The summed E-state index contributed by atoms with van der Waals surface area (Å²) in [6, 6.07) is 21.9. The molecule has 1 unspecified atom stereocenters. The number of ether oxygens (including phenoxy) is 3. The Morgan fingerprint density at radius 1 is 0.981 bits per heavy atom. The molecule has 0 aliphatic carbocycles. The molecule has 1 atom stereocenters. The normalized spacial score (nSPS) is 14.2. The van der Waals surface area contributed by atoms with E-state index in [-0.39, 0.29) is 29.4 Å². The van der Waals surface area contributed by atoms with E-state index in [1.807, 2.05) is 87.6 Å². The number of carbonyl (C=O) groups is 3. The van der Waals surface area contributed by atoms with E-state index < -0.39 is 35.5 Å². The van der Waals surface area contributed by atoms with Crippen LogP contribution in [0.4, 0.5) is 9.93 Å². The van der Waals surface area contributed by atoms with Crippen LogP contribution in [0.3, 0.4) is 0 Å². The van der Waals surface area contributed by atoms with Crippen molar-refractivity contribution in [2.24, 2.45) is 11.1 Å². The van der Waals surface area contributed by atoms with Crippen molar-refractivity contribution in [1.82, 2.24) is 19.3 Å². The monoisotopic (exact) mass is 726 g/mol. The second-order valence-corrected chi connectivity index (χ2v) is 14.1. The number of carboxylic acids is 1. The molecule has 52 heavy (non-hydrogen) atoms. The zero-order valence-electron chi connectivity index (χ0n) is 28.7. The van der Waals surface area contributed by atoms with Crippen LogP contribution in [0.5, 0.6) is 5.75 Å². The molecule has 1 aliphatic heterocycles. The molecule has 1 fully saturated rings.